The maximum Gasteiger partial charge on any atom is 0.0277 e. The molecule has 0 aliphatic carbocycles. The van der Waals surface area contributed by atoms with Crippen molar-refractivity contribution in [1.29, 1.82) is 0 Å². The van der Waals surface area contributed by atoms with Crippen molar-refractivity contribution in [2.24, 2.45) is 0 Å². The summed E-state index contributed by atoms with van der Waals surface area (Å²) in [5, 5.41) is 0. The number of nitrogens with zero attached hydrogens (tertiary/aromatic N) is 1. The van der Waals surface area contributed by atoms with Crippen molar-refractivity contribution >= 4 is 0 Å². The zero-order valence-corrected chi connectivity index (χ0v) is 12.2. The van der Waals surface area contributed by atoms with Crippen LogP contribution in [-0.2, 0) is 10.8 Å². The molecular formula is C15H27N. The highest BCUT2D eigenvalue weighted by molar-refractivity contribution is 5.34. The maximum atomic E-state index is 2.42. The molecule has 0 saturated heterocycles. The molecule has 92 valence electrons. The fourth-order valence-electron chi connectivity index (χ4n) is 2.27. The molecule has 0 aromatic carbocycles. The average molecular weight is 221 g/mol. The predicted octanol–water partition coefficient (Wildman–Crippen LogP) is 4.66. The maximum absolute atomic E-state index is 2.42. The lowest BCUT2D eigenvalue weighted by Gasteiger charge is -2.30. The second-order valence-corrected chi connectivity index (χ2v) is 7.08. The fourth-order valence-corrected chi connectivity index (χ4v) is 2.27. The molecule has 0 radical (unpaired) electrons. The van der Waals surface area contributed by atoms with Crippen molar-refractivity contribution in [3.8, 4) is 0 Å². The van der Waals surface area contributed by atoms with Crippen molar-refractivity contribution in [2.75, 3.05) is 0 Å². The Balaban J connectivity index is 3.44. The fraction of sp³-hybridized carbons (Fsp3) is 0.733. The van der Waals surface area contributed by atoms with Crippen molar-refractivity contribution in [3.63, 3.8) is 0 Å². The summed E-state index contributed by atoms with van der Waals surface area (Å²) in [7, 11) is 0. The van der Waals surface area contributed by atoms with Gasteiger partial charge in [-0.2, -0.15) is 0 Å². The highest BCUT2D eigenvalue weighted by atomic mass is 15.0. The average Bonchev–Trinajstić information content (AvgIpc) is 2.43. The topological polar surface area (TPSA) is 4.93 Å². The van der Waals surface area contributed by atoms with E-state index in [1.807, 2.05) is 0 Å². The van der Waals surface area contributed by atoms with Crippen LogP contribution in [0.2, 0.25) is 0 Å². The van der Waals surface area contributed by atoms with Gasteiger partial charge in [-0.25, -0.2) is 0 Å². The second kappa shape index (κ2) is 3.94. The molecule has 0 aliphatic heterocycles. The molecule has 0 aliphatic rings. The monoisotopic (exact) mass is 221 g/mol. The zero-order valence-electron chi connectivity index (χ0n) is 12.2. The van der Waals surface area contributed by atoms with E-state index in [0.717, 1.165) is 0 Å². The van der Waals surface area contributed by atoms with Crippen LogP contribution in [0.3, 0.4) is 0 Å². The lowest BCUT2D eigenvalue weighted by atomic mass is 9.79. The van der Waals surface area contributed by atoms with Gasteiger partial charge in [-0.15, -0.1) is 0 Å². The molecule has 0 unspecified atom stereocenters. The first-order valence-electron chi connectivity index (χ1n) is 6.27. The van der Waals surface area contributed by atoms with Crippen LogP contribution in [0.25, 0.3) is 0 Å². The lowest BCUT2D eigenvalue weighted by molar-refractivity contribution is 0.462. The number of hydrogen-bond acceptors (Lipinski definition) is 0. The Hall–Kier alpha value is -0.720. The first kappa shape index (κ1) is 13.3. The molecule has 0 N–H and O–H groups in total. The van der Waals surface area contributed by atoms with E-state index in [4.69, 9.17) is 0 Å². The molecule has 1 heteroatoms. The Labute approximate surface area is 101 Å². The van der Waals surface area contributed by atoms with E-state index < -0.39 is 0 Å². The molecule has 1 aromatic rings. The predicted molar refractivity (Wildman–Crippen MR) is 72.2 cm³/mol. The van der Waals surface area contributed by atoms with E-state index in [-0.39, 0.29) is 10.8 Å². The lowest BCUT2D eigenvalue weighted by Crippen LogP contribution is -2.24. The molecule has 0 fully saturated rings. The van der Waals surface area contributed by atoms with Gasteiger partial charge < -0.3 is 4.57 Å². The highest BCUT2D eigenvalue weighted by Crippen LogP contribution is 2.36. The molecule has 1 heterocycles. The normalized spacial score (nSPS) is 13.6. The summed E-state index contributed by atoms with van der Waals surface area (Å²) in [5.74, 6) is 0. The molecule has 1 nitrogen and oxygen atoms in total. The minimum atomic E-state index is 0.205. The van der Waals surface area contributed by atoms with Crippen LogP contribution < -0.4 is 0 Å². The van der Waals surface area contributed by atoms with Crippen LogP contribution >= 0.6 is 0 Å². The number of hydrogen-bond donors (Lipinski definition) is 0. The summed E-state index contributed by atoms with van der Waals surface area (Å²) >= 11 is 0. The molecule has 1 aromatic heterocycles. The largest absolute Gasteiger partial charge is 0.348 e. The standard InChI is InChI=1S/C15H27N/c1-11(2)16-10-9-12(14(3,4)5)13(16)15(6,7)8/h9-11H,1-8H3. The van der Waals surface area contributed by atoms with Crippen molar-refractivity contribution in [3.05, 3.63) is 23.5 Å². The molecule has 0 amide bonds. The Bertz CT molecular complexity index is 356. The zero-order chi connectivity index (χ0) is 12.7. The minimum Gasteiger partial charge on any atom is -0.348 e. The van der Waals surface area contributed by atoms with Crippen molar-refractivity contribution in [1.82, 2.24) is 4.57 Å². The molecule has 0 saturated carbocycles. The van der Waals surface area contributed by atoms with Crippen molar-refractivity contribution < 1.29 is 0 Å². The van der Waals surface area contributed by atoms with Gasteiger partial charge >= 0.3 is 0 Å². The third-order valence-corrected chi connectivity index (χ3v) is 2.99. The first-order valence-corrected chi connectivity index (χ1v) is 6.27. The van der Waals surface area contributed by atoms with Gasteiger partial charge in [-0.1, -0.05) is 41.5 Å². The van der Waals surface area contributed by atoms with Crippen LogP contribution in [0.4, 0.5) is 0 Å². The van der Waals surface area contributed by atoms with E-state index >= 15 is 0 Å². The summed E-state index contributed by atoms with van der Waals surface area (Å²) in [6, 6.07) is 2.82. The Morgan fingerprint density at radius 3 is 1.75 bits per heavy atom. The summed E-state index contributed by atoms with van der Waals surface area (Å²) < 4.78 is 2.42. The second-order valence-electron chi connectivity index (χ2n) is 7.08. The number of aromatic nitrogens is 1. The van der Waals surface area contributed by atoms with Gasteiger partial charge in [-0.3, -0.25) is 0 Å². The van der Waals surface area contributed by atoms with E-state index in [9.17, 15) is 0 Å². The van der Waals surface area contributed by atoms with Gasteiger partial charge in [0.25, 0.3) is 0 Å². The van der Waals surface area contributed by atoms with E-state index in [2.05, 4.69) is 72.2 Å². The van der Waals surface area contributed by atoms with E-state index in [0.29, 0.717) is 6.04 Å². The van der Waals surface area contributed by atoms with Crippen LogP contribution in [0, 0.1) is 0 Å². The quantitative estimate of drug-likeness (QED) is 0.650. The third-order valence-electron chi connectivity index (χ3n) is 2.99. The minimum absolute atomic E-state index is 0.205. The first-order chi connectivity index (χ1) is 7.05. The van der Waals surface area contributed by atoms with Gasteiger partial charge in [0.2, 0.25) is 0 Å². The molecular weight excluding hydrogens is 194 g/mol. The molecule has 16 heavy (non-hydrogen) atoms. The summed E-state index contributed by atoms with van der Waals surface area (Å²) in [6.07, 6.45) is 2.24. The summed E-state index contributed by atoms with van der Waals surface area (Å²) in [6.45, 7) is 18.3. The Morgan fingerprint density at radius 2 is 1.44 bits per heavy atom. The van der Waals surface area contributed by atoms with Crippen LogP contribution in [0.1, 0.15) is 72.7 Å². The van der Waals surface area contributed by atoms with E-state index in [1.54, 1.807) is 0 Å². The van der Waals surface area contributed by atoms with Crippen LogP contribution in [0.5, 0.6) is 0 Å². The highest BCUT2D eigenvalue weighted by Gasteiger charge is 2.28. The van der Waals surface area contributed by atoms with Gasteiger partial charge in [0, 0.05) is 23.3 Å². The van der Waals surface area contributed by atoms with Crippen molar-refractivity contribution in [2.45, 2.75) is 72.3 Å². The summed E-state index contributed by atoms with van der Waals surface area (Å²) in [4.78, 5) is 0. The van der Waals surface area contributed by atoms with Crippen LogP contribution in [0.15, 0.2) is 12.3 Å². The number of rotatable bonds is 1. The van der Waals surface area contributed by atoms with Gasteiger partial charge in [0.1, 0.15) is 0 Å². The molecule has 0 spiro atoms. The molecule has 1 rings (SSSR count). The summed E-state index contributed by atoms with van der Waals surface area (Å²) in [5.41, 5.74) is 3.39. The van der Waals surface area contributed by atoms with Gasteiger partial charge in [0.15, 0.2) is 0 Å². The molecule has 0 atom stereocenters. The Morgan fingerprint density at radius 1 is 0.938 bits per heavy atom. The Kier molecular flexibility index (Phi) is 3.29. The smallest absolute Gasteiger partial charge is 0.0277 e. The van der Waals surface area contributed by atoms with E-state index in [1.165, 1.54) is 11.3 Å². The van der Waals surface area contributed by atoms with Gasteiger partial charge in [-0.05, 0) is 30.9 Å². The van der Waals surface area contributed by atoms with Crippen LogP contribution in [-0.4, -0.2) is 4.57 Å². The van der Waals surface area contributed by atoms with Gasteiger partial charge in [0.05, 0.1) is 0 Å². The molecule has 0 bridgehead atoms. The SMILES string of the molecule is CC(C)n1ccc(C(C)(C)C)c1C(C)(C)C. The third kappa shape index (κ3) is 2.50.